The third kappa shape index (κ3) is 2.70. The first-order valence-corrected chi connectivity index (χ1v) is 5.33. The first-order valence-electron chi connectivity index (χ1n) is 5.33. The van der Waals surface area contributed by atoms with Crippen LogP contribution in [0, 0.1) is 5.41 Å². The van der Waals surface area contributed by atoms with Crippen molar-refractivity contribution in [3.05, 3.63) is 17.3 Å². The van der Waals surface area contributed by atoms with Gasteiger partial charge >= 0.3 is 0 Å². The Morgan fingerprint density at radius 3 is 2.81 bits per heavy atom. The van der Waals surface area contributed by atoms with E-state index in [0.717, 1.165) is 24.2 Å². The van der Waals surface area contributed by atoms with Gasteiger partial charge in [0.05, 0.1) is 18.0 Å². The summed E-state index contributed by atoms with van der Waals surface area (Å²) in [4.78, 5) is 4.24. The number of anilines is 2. The van der Waals surface area contributed by atoms with E-state index in [4.69, 9.17) is 5.41 Å². The Hall–Kier alpha value is -1.62. The van der Waals surface area contributed by atoms with Crippen LogP contribution in [-0.2, 0) is 6.61 Å². The lowest BCUT2D eigenvalue weighted by Gasteiger charge is -2.14. The van der Waals surface area contributed by atoms with Gasteiger partial charge in [-0.15, -0.1) is 0 Å². The van der Waals surface area contributed by atoms with Crippen molar-refractivity contribution >= 4 is 17.7 Å². The zero-order valence-electron chi connectivity index (χ0n) is 9.67. The maximum absolute atomic E-state index is 9.25. The van der Waals surface area contributed by atoms with E-state index in [0.29, 0.717) is 11.5 Å². The van der Waals surface area contributed by atoms with Crippen molar-refractivity contribution in [1.82, 2.24) is 4.98 Å². The molecule has 5 heteroatoms. The zero-order valence-corrected chi connectivity index (χ0v) is 9.67. The predicted octanol–water partition coefficient (Wildman–Crippen LogP) is 1.44. The van der Waals surface area contributed by atoms with Crippen LogP contribution in [0.1, 0.15) is 24.6 Å². The van der Waals surface area contributed by atoms with Crippen molar-refractivity contribution in [2.75, 3.05) is 24.2 Å². The molecule has 0 aromatic carbocycles. The van der Waals surface area contributed by atoms with Gasteiger partial charge in [-0.3, -0.25) is 0 Å². The second kappa shape index (κ2) is 6.07. The molecule has 0 spiro atoms. The van der Waals surface area contributed by atoms with Gasteiger partial charge in [-0.05, 0) is 12.5 Å². The Balaban J connectivity index is 3.14. The minimum Gasteiger partial charge on any atom is -0.390 e. The average Bonchev–Trinajstić information content (AvgIpc) is 2.35. The molecule has 0 unspecified atom stereocenters. The third-order valence-corrected chi connectivity index (χ3v) is 2.24. The summed E-state index contributed by atoms with van der Waals surface area (Å²) in [7, 11) is 1.76. The van der Waals surface area contributed by atoms with Crippen molar-refractivity contribution in [2.45, 2.75) is 20.0 Å². The summed E-state index contributed by atoms with van der Waals surface area (Å²) >= 11 is 0. The van der Waals surface area contributed by atoms with Crippen LogP contribution in [0.25, 0.3) is 0 Å². The standard InChI is InChI=1S/C11H18N4O/c1-3-4-14-11-8(6-12)5-10(13-2)15-9(11)7-16/h5-6,12,14,16H,3-4,7H2,1-2H3,(H,13,15). The summed E-state index contributed by atoms with van der Waals surface area (Å²) in [5, 5.41) is 22.7. The lowest BCUT2D eigenvalue weighted by molar-refractivity contribution is 0.277. The van der Waals surface area contributed by atoms with Gasteiger partial charge in [0.1, 0.15) is 5.82 Å². The molecule has 0 bridgehead atoms. The van der Waals surface area contributed by atoms with Gasteiger partial charge in [0.25, 0.3) is 0 Å². The van der Waals surface area contributed by atoms with Gasteiger partial charge in [0.2, 0.25) is 0 Å². The van der Waals surface area contributed by atoms with Gasteiger partial charge in [-0.25, -0.2) is 4.98 Å². The smallest absolute Gasteiger partial charge is 0.126 e. The second-order valence-electron chi connectivity index (χ2n) is 3.40. The van der Waals surface area contributed by atoms with Crippen LogP contribution in [0.5, 0.6) is 0 Å². The van der Waals surface area contributed by atoms with Gasteiger partial charge in [0, 0.05) is 25.4 Å². The Labute approximate surface area is 95.4 Å². The van der Waals surface area contributed by atoms with E-state index < -0.39 is 0 Å². The molecule has 0 amide bonds. The van der Waals surface area contributed by atoms with Gasteiger partial charge in [-0.2, -0.15) is 0 Å². The number of hydrogen-bond donors (Lipinski definition) is 4. The summed E-state index contributed by atoms with van der Waals surface area (Å²) in [5.41, 5.74) is 2.05. The van der Waals surface area contributed by atoms with Crippen molar-refractivity contribution < 1.29 is 5.11 Å². The molecule has 0 radical (unpaired) electrons. The maximum Gasteiger partial charge on any atom is 0.126 e. The van der Waals surface area contributed by atoms with Gasteiger partial charge in [-0.1, -0.05) is 6.92 Å². The number of aromatic nitrogens is 1. The summed E-state index contributed by atoms with van der Waals surface area (Å²) in [6.07, 6.45) is 2.25. The highest BCUT2D eigenvalue weighted by atomic mass is 16.3. The Morgan fingerprint density at radius 2 is 2.31 bits per heavy atom. The molecule has 16 heavy (non-hydrogen) atoms. The molecular formula is C11H18N4O. The molecule has 0 aliphatic heterocycles. The van der Waals surface area contributed by atoms with Crippen LogP contribution < -0.4 is 10.6 Å². The molecule has 0 fully saturated rings. The fraction of sp³-hybridized carbons (Fsp3) is 0.455. The highest BCUT2D eigenvalue weighted by molar-refractivity contribution is 5.88. The second-order valence-corrected chi connectivity index (χ2v) is 3.40. The van der Waals surface area contributed by atoms with Crippen molar-refractivity contribution in [3.8, 4) is 0 Å². The molecule has 0 aliphatic carbocycles. The topological polar surface area (TPSA) is 81.0 Å². The first-order chi connectivity index (χ1) is 7.76. The van der Waals surface area contributed by atoms with Gasteiger partial charge in [0.15, 0.2) is 0 Å². The number of nitrogens with zero attached hydrogens (tertiary/aromatic N) is 1. The molecule has 0 saturated carbocycles. The number of aliphatic hydroxyl groups is 1. The maximum atomic E-state index is 9.25. The number of rotatable bonds is 6. The Bertz CT molecular complexity index is 365. The fourth-order valence-corrected chi connectivity index (χ4v) is 1.43. The number of aliphatic hydroxyl groups excluding tert-OH is 1. The zero-order chi connectivity index (χ0) is 12.0. The van der Waals surface area contributed by atoms with Crippen molar-refractivity contribution in [3.63, 3.8) is 0 Å². The van der Waals surface area contributed by atoms with Crippen LogP contribution in [0.3, 0.4) is 0 Å². The molecule has 0 saturated heterocycles. The van der Waals surface area contributed by atoms with E-state index in [1.165, 1.54) is 6.21 Å². The molecule has 88 valence electrons. The highest BCUT2D eigenvalue weighted by Crippen LogP contribution is 2.21. The molecule has 1 aromatic heterocycles. The summed E-state index contributed by atoms with van der Waals surface area (Å²) < 4.78 is 0. The molecular weight excluding hydrogens is 204 g/mol. The van der Waals surface area contributed by atoms with Gasteiger partial charge < -0.3 is 21.1 Å². The van der Waals surface area contributed by atoms with Crippen LogP contribution in [0.4, 0.5) is 11.5 Å². The van der Waals surface area contributed by atoms with E-state index in [-0.39, 0.29) is 6.61 Å². The summed E-state index contributed by atoms with van der Waals surface area (Å²) in [6, 6.07) is 1.78. The fourth-order valence-electron chi connectivity index (χ4n) is 1.43. The molecule has 1 aromatic rings. The molecule has 5 nitrogen and oxygen atoms in total. The Morgan fingerprint density at radius 1 is 1.56 bits per heavy atom. The molecule has 1 rings (SSSR count). The van der Waals surface area contributed by atoms with E-state index in [9.17, 15) is 5.11 Å². The monoisotopic (exact) mass is 222 g/mol. The normalized spacial score (nSPS) is 9.94. The average molecular weight is 222 g/mol. The van der Waals surface area contributed by atoms with Crippen molar-refractivity contribution in [1.29, 1.82) is 5.41 Å². The number of hydrogen-bond acceptors (Lipinski definition) is 5. The van der Waals surface area contributed by atoms with Crippen LogP contribution >= 0.6 is 0 Å². The minimum atomic E-state index is -0.137. The lowest BCUT2D eigenvalue weighted by atomic mass is 10.1. The quantitative estimate of drug-likeness (QED) is 0.549. The van der Waals surface area contributed by atoms with Crippen LogP contribution in [0.2, 0.25) is 0 Å². The van der Waals surface area contributed by atoms with E-state index in [2.05, 4.69) is 22.5 Å². The lowest BCUT2D eigenvalue weighted by Crippen LogP contribution is -2.09. The molecule has 0 aliphatic rings. The molecule has 1 heterocycles. The number of pyridine rings is 1. The highest BCUT2D eigenvalue weighted by Gasteiger charge is 2.09. The molecule has 0 atom stereocenters. The van der Waals surface area contributed by atoms with Crippen LogP contribution in [-0.4, -0.2) is 29.9 Å². The largest absolute Gasteiger partial charge is 0.390 e. The summed E-state index contributed by atoms with van der Waals surface area (Å²) in [6.45, 7) is 2.72. The van der Waals surface area contributed by atoms with E-state index in [1.54, 1.807) is 13.1 Å². The predicted molar refractivity (Wildman–Crippen MR) is 66.4 cm³/mol. The van der Waals surface area contributed by atoms with E-state index >= 15 is 0 Å². The minimum absolute atomic E-state index is 0.137. The SMILES string of the molecule is CCCNc1c(C=N)cc(NC)nc1CO. The van der Waals surface area contributed by atoms with Crippen LogP contribution in [0.15, 0.2) is 6.07 Å². The molecule has 4 N–H and O–H groups in total. The number of nitrogens with one attached hydrogen (secondary N) is 3. The summed E-state index contributed by atoms with van der Waals surface area (Å²) in [5.74, 6) is 0.657. The van der Waals surface area contributed by atoms with Crippen molar-refractivity contribution in [2.24, 2.45) is 0 Å². The van der Waals surface area contributed by atoms with E-state index in [1.807, 2.05) is 0 Å². The first kappa shape index (κ1) is 12.4. The third-order valence-electron chi connectivity index (χ3n) is 2.24. The Kier molecular flexibility index (Phi) is 4.72.